The number of aryl methyl sites for hydroxylation is 1. The van der Waals surface area contributed by atoms with E-state index in [-0.39, 0.29) is 0 Å². The van der Waals surface area contributed by atoms with Crippen LogP contribution in [-0.4, -0.2) is 12.9 Å². The van der Waals surface area contributed by atoms with Crippen molar-refractivity contribution in [3.8, 4) is 5.75 Å². The van der Waals surface area contributed by atoms with E-state index in [1.54, 1.807) is 23.9 Å². The van der Waals surface area contributed by atoms with Gasteiger partial charge in [-0.15, -0.1) is 11.8 Å². The van der Waals surface area contributed by atoms with E-state index in [1.807, 2.05) is 33.1 Å². The molecule has 98 valence electrons. The molecule has 1 rings (SSSR count). The van der Waals surface area contributed by atoms with Gasteiger partial charge in [-0.25, -0.2) is 0 Å². The van der Waals surface area contributed by atoms with Gasteiger partial charge in [0.2, 0.25) is 0 Å². The molecule has 0 atom stereocenters. The van der Waals surface area contributed by atoms with Crippen LogP contribution in [0.2, 0.25) is 0 Å². The molecule has 1 aromatic rings. The molecule has 1 nitrogen and oxygen atoms in total. The Morgan fingerprint density at radius 1 is 1.29 bits per heavy atom. The van der Waals surface area contributed by atoms with Gasteiger partial charge in [0, 0.05) is 4.90 Å². The number of thioether (sulfide) groups is 1. The average molecular weight is 262 g/mol. The Morgan fingerprint density at radius 3 is 2.41 bits per heavy atom. The Balaban J connectivity index is 0.00000121. The van der Waals surface area contributed by atoms with Crippen molar-refractivity contribution in [3.63, 3.8) is 0 Å². The van der Waals surface area contributed by atoms with Crippen molar-refractivity contribution in [1.82, 2.24) is 0 Å². The van der Waals surface area contributed by atoms with Crippen LogP contribution in [0.15, 0.2) is 23.1 Å². The first kappa shape index (κ1) is 16.2. The highest BCUT2D eigenvalue weighted by Gasteiger charge is 2.09. The summed E-state index contributed by atoms with van der Waals surface area (Å²) in [6.45, 7) is 3.26. The molecule has 0 amide bonds. The normalized spacial score (nSPS) is 9.82. The molecule has 0 aliphatic carbocycles. The highest BCUT2D eigenvalue weighted by molar-refractivity contribution is 7.98. The molecule has 4 heteroatoms. The summed E-state index contributed by atoms with van der Waals surface area (Å²) in [7, 11) is 0. The van der Waals surface area contributed by atoms with Gasteiger partial charge in [0.05, 0.1) is 0 Å². The first-order chi connectivity index (χ1) is 8.17. The zero-order valence-electron chi connectivity index (χ0n) is 10.8. The van der Waals surface area contributed by atoms with Crippen molar-refractivity contribution in [2.45, 2.75) is 45.1 Å². The number of hydrogen-bond donors (Lipinski definition) is 0. The van der Waals surface area contributed by atoms with E-state index in [0.29, 0.717) is 5.75 Å². The summed E-state index contributed by atoms with van der Waals surface area (Å²) < 4.78 is 28.6. The van der Waals surface area contributed by atoms with Crippen molar-refractivity contribution in [1.29, 1.82) is 0 Å². The summed E-state index contributed by atoms with van der Waals surface area (Å²) in [5.74, 6) is 0.296. The van der Waals surface area contributed by atoms with Gasteiger partial charge >= 0.3 is 6.61 Å². The summed E-state index contributed by atoms with van der Waals surface area (Å²) in [6.07, 6.45) is 3.63. The summed E-state index contributed by atoms with van der Waals surface area (Å²) in [5.41, 5.74) is 0.852. The van der Waals surface area contributed by atoms with Gasteiger partial charge in [-0.2, -0.15) is 8.78 Å². The number of alkyl halides is 2. The third-order valence-electron chi connectivity index (χ3n) is 2.00. The Hall–Kier alpha value is -0.770. The molecule has 0 spiro atoms. The zero-order chi connectivity index (χ0) is 13.3. The average Bonchev–Trinajstić information content (AvgIpc) is 2.33. The maximum Gasteiger partial charge on any atom is 0.387 e. The fourth-order valence-electron chi connectivity index (χ4n) is 1.36. The quantitative estimate of drug-likeness (QED) is 0.691. The number of ether oxygens (including phenoxy) is 1. The van der Waals surface area contributed by atoms with Crippen LogP contribution >= 0.6 is 11.8 Å². The molecule has 0 bridgehead atoms. The molecular weight excluding hydrogens is 242 g/mol. The predicted octanol–water partition coefficient (Wildman–Crippen LogP) is 4.99. The Labute approximate surface area is 107 Å². The molecule has 0 fully saturated rings. The maximum absolute atomic E-state index is 12.1. The van der Waals surface area contributed by atoms with Crippen LogP contribution in [-0.2, 0) is 6.42 Å². The predicted molar refractivity (Wildman–Crippen MR) is 70.2 cm³/mol. The molecule has 0 aromatic heterocycles. The molecular formula is C13H20F2OS. The number of halogens is 2. The lowest BCUT2D eigenvalue weighted by Crippen LogP contribution is -2.04. The molecule has 1 aromatic carbocycles. The maximum atomic E-state index is 12.1. The van der Waals surface area contributed by atoms with Crippen LogP contribution in [0.5, 0.6) is 5.75 Å². The SMILES string of the molecule is CC.CCCc1cc(SC)ccc1OC(F)F. The topological polar surface area (TPSA) is 9.23 Å². The van der Waals surface area contributed by atoms with E-state index < -0.39 is 6.61 Å². The summed E-state index contributed by atoms with van der Waals surface area (Å²) in [6, 6.07) is 5.32. The summed E-state index contributed by atoms with van der Waals surface area (Å²) in [5, 5.41) is 0. The van der Waals surface area contributed by atoms with Crippen LogP contribution < -0.4 is 4.74 Å². The van der Waals surface area contributed by atoms with Crippen LogP contribution in [0, 0.1) is 0 Å². The zero-order valence-corrected chi connectivity index (χ0v) is 11.6. The first-order valence-electron chi connectivity index (χ1n) is 5.79. The molecule has 17 heavy (non-hydrogen) atoms. The molecule has 0 N–H and O–H groups in total. The standard InChI is InChI=1S/C11H14F2OS.C2H6/c1-3-4-8-7-9(15-2)5-6-10(8)14-11(12)13;1-2/h5-7,11H,3-4H2,1-2H3;1-2H3. The van der Waals surface area contributed by atoms with Gasteiger partial charge in [-0.3, -0.25) is 0 Å². The van der Waals surface area contributed by atoms with Crippen molar-refractivity contribution >= 4 is 11.8 Å². The van der Waals surface area contributed by atoms with Crippen molar-refractivity contribution in [2.75, 3.05) is 6.26 Å². The van der Waals surface area contributed by atoms with Gasteiger partial charge in [0.25, 0.3) is 0 Å². The molecule has 0 saturated heterocycles. The van der Waals surface area contributed by atoms with E-state index in [0.717, 1.165) is 23.3 Å². The van der Waals surface area contributed by atoms with Gasteiger partial charge < -0.3 is 4.74 Å². The number of hydrogen-bond acceptors (Lipinski definition) is 2. The third kappa shape index (κ3) is 5.91. The second-order valence-corrected chi connectivity index (χ2v) is 3.98. The first-order valence-corrected chi connectivity index (χ1v) is 7.01. The minimum absolute atomic E-state index is 0.296. The van der Waals surface area contributed by atoms with Gasteiger partial charge in [0.15, 0.2) is 0 Å². The minimum atomic E-state index is -2.75. The van der Waals surface area contributed by atoms with Gasteiger partial charge in [-0.1, -0.05) is 27.2 Å². The van der Waals surface area contributed by atoms with E-state index in [4.69, 9.17) is 0 Å². The highest BCUT2D eigenvalue weighted by Crippen LogP contribution is 2.27. The second kappa shape index (κ2) is 9.28. The third-order valence-corrected chi connectivity index (χ3v) is 2.73. The number of benzene rings is 1. The van der Waals surface area contributed by atoms with E-state index in [2.05, 4.69) is 4.74 Å². The van der Waals surface area contributed by atoms with Crippen LogP contribution in [0.4, 0.5) is 8.78 Å². The lowest BCUT2D eigenvalue weighted by molar-refractivity contribution is -0.0504. The molecule has 0 saturated carbocycles. The van der Waals surface area contributed by atoms with E-state index in [1.165, 1.54) is 0 Å². The molecule has 0 aliphatic rings. The Kier molecular flexibility index (Phi) is 8.86. The number of rotatable bonds is 5. The van der Waals surface area contributed by atoms with E-state index >= 15 is 0 Å². The fourth-order valence-corrected chi connectivity index (χ4v) is 1.82. The van der Waals surface area contributed by atoms with Crippen molar-refractivity contribution in [3.05, 3.63) is 23.8 Å². The largest absolute Gasteiger partial charge is 0.435 e. The minimum Gasteiger partial charge on any atom is -0.435 e. The lowest BCUT2D eigenvalue weighted by atomic mass is 10.1. The fraction of sp³-hybridized carbons (Fsp3) is 0.538. The molecule has 0 unspecified atom stereocenters. The van der Waals surface area contributed by atoms with Crippen molar-refractivity contribution < 1.29 is 13.5 Å². The van der Waals surface area contributed by atoms with Crippen LogP contribution in [0.25, 0.3) is 0 Å². The molecule has 0 heterocycles. The molecule has 0 radical (unpaired) electrons. The van der Waals surface area contributed by atoms with E-state index in [9.17, 15) is 8.78 Å². The summed E-state index contributed by atoms with van der Waals surface area (Å²) >= 11 is 1.59. The molecule has 0 aliphatic heterocycles. The van der Waals surface area contributed by atoms with Gasteiger partial charge in [0.1, 0.15) is 5.75 Å². The second-order valence-electron chi connectivity index (χ2n) is 3.10. The highest BCUT2D eigenvalue weighted by atomic mass is 32.2. The van der Waals surface area contributed by atoms with Gasteiger partial charge in [-0.05, 0) is 36.4 Å². The lowest BCUT2D eigenvalue weighted by Gasteiger charge is -2.11. The van der Waals surface area contributed by atoms with Crippen LogP contribution in [0.1, 0.15) is 32.8 Å². The Morgan fingerprint density at radius 2 is 1.94 bits per heavy atom. The van der Waals surface area contributed by atoms with Crippen LogP contribution in [0.3, 0.4) is 0 Å². The Bertz CT molecular complexity index is 316. The smallest absolute Gasteiger partial charge is 0.387 e. The monoisotopic (exact) mass is 262 g/mol. The summed E-state index contributed by atoms with van der Waals surface area (Å²) in [4.78, 5) is 1.07. The van der Waals surface area contributed by atoms with Crippen molar-refractivity contribution in [2.24, 2.45) is 0 Å².